The van der Waals surface area contributed by atoms with E-state index in [0.717, 1.165) is 0 Å². The maximum atomic E-state index is 12.1. The molecular formula is C6H11F3N2. The van der Waals surface area contributed by atoms with Gasteiger partial charge in [-0.2, -0.15) is 13.2 Å². The minimum atomic E-state index is -4.19. The second-order valence-corrected chi connectivity index (χ2v) is 2.69. The molecule has 5 heteroatoms. The van der Waals surface area contributed by atoms with Crippen LogP contribution in [0.15, 0.2) is 0 Å². The molecule has 2 N–H and O–H groups in total. The van der Waals surface area contributed by atoms with Gasteiger partial charge in [-0.25, -0.2) is 4.90 Å². The molecule has 66 valence electrons. The Labute approximate surface area is 63.2 Å². The molecule has 0 radical (unpaired) electrons. The summed E-state index contributed by atoms with van der Waals surface area (Å²) >= 11 is 0. The van der Waals surface area contributed by atoms with E-state index in [-0.39, 0.29) is 13.1 Å². The average Bonchev–Trinajstić information content (AvgIpc) is 2.31. The van der Waals surface area contributed by atoms with Crippen LogP contribution in [0.2, 0.25) is 0 Å². The molecule has 1 heterocycles. The van der Waals surface area contributed by atoms with E-state index in [0.29, 0.717) is 17.7 Å². The monoisotopic (exact) mass is 168 g/mol. The molecule has 1 aliphatic rings. The van der Waals surface area contributed by atoms with E-state index in [1.807, 2.05) is 0 Å². The summed E-state index contributed by atoms with van der Waals surface area (Å²) < 4.78 is 36.2. The lowest BCUT2D eigenvalue weighted by Gasteiger charge is -2.25. The molecule has 0 aromatic rings. The summed E-state index contributed by atoms with van der Waals surface area (Å²) in [7, 11) is 0. The predicted octanol–water partition coefficient (Wildman–Crippen LogP) is 0.929. The number of hydrogen-bond donors (Lipinski definition) is 1. The summed E-state index contributed by atoms with van der Waals surface area (Å²) in [6.45, 7) is 0.199. The molecule has 0 bridgehead atoms. The number of halogens is 3. The molecular weight excluding hydrogens is 157 g/mol. The van der Waals surface area contributed by atoms with Crippen LogP contribution in [0.1, 0.15) is 12.8 Å². The first-order valence-electron chi connectivity index (χ1n) is 3.59. The van der Waals surface area contributed by atoms with Crippen molar-refractivity contribution in [1.29, 1.82) is 0 Å². The first-order valence-corrected chi connectivity index (χ1v) is 3.59. The van der Waals surface area contributed by atoms with E-state index in [4.69, 9.17) is 5.73 Å². The van der Waals surface area contributed by atoms with Gasteiger partial charge in [0.05, 0.1) is 0 Å². The van der Waals surface area contributed by atoms with Crippen molar-refractivity contribution in [3.05, 3.63) is 0 Å². The van der Waals surface area contributed by atoms with Crippen LogP contribution in [0.25, 0.3) is 0 Å². The molecule has 11 heavy (non-hydrogen) atoms. The summed E-state index contributed by atoms with van der Waals surface area (Å²) in [6, 6.07) is -0.491. The fraction of sp³-hybridized carbons (Fsp3) is 1.00. The highest BCUT2D eigenvalue weighted by Gasteiger charge is 2.43. The molecule has 0 aromatic heterocycles. The van der Waals surface area contributed by atoms with Gasteiger partial charge in [-0.05, 0) is 12.8 Å². The van der Waals surface area contributed by atoms with Gasteiger partial charge in [0.1, 0.15) is 0 Å². The van der Waals surface area contributed by atoms with Crippen molar-refractivity contribution in [2.75, 3.05) is 13.1 Å². The van der Waals surface area contributed by atoms with Gasteiger partial charge in [-0.1, -0.05) is 0 Å². The quantitative estimate of drug-likeness (QED) is 0.590. The molecule has 1 aliphatic heterocycles. The third kappa shape index (κ3) is 1.84. The minimum Gasteiger partial charge on any atom is -0.329 e. The zero-order chi connectivity index (χ0) is 8.48. The molecule has 0 aromatic carbocycles. The minimum absolute atomic E-state index is 0.0967. The fourth-order valence-corrected chi connectivity index (χ4v) is 1.41. The van der Waals surface area contributed by atoms with Crippen LogP contribution in [-0.4, -0.2) is 30.3 Å². The Morgan fingerprint density at radius 3 is 2.45 bits per heavy atom. The van der Waals surface area contributed by atoms with Crippen molar-refractivity contribution in [1.82, 2.24) is 4.90 Å². The molecule has 1 atom stereocenters. The summed E-state index contributed by atoms with van der Waals surface area (Å²) in [5, 5.41) is 0. The van der Waals surface area contributed by atoms with Crippen molar-refractivity contribution in [3.63, 3.8) is 0 Å². The summed E-state index contributed by atoms with van der Waals surface area (Å²) in [5.74, 6) is 0. The lowest BCUT2D eigenvalue weighted by molar-refractivity contribution is -0.248. The van der Waals surface area contributed by atoms with Crippen molar-refractivity contribution in [2.45, 2.75) is 25.2 Å². The molecule has 1 unspecified atom stereocenters. The first kappa shape index (κ1) is 8.80. The molecule has 0 saturated carbocycles. The molecule has 1 fully saturated rings. The largest absolute Gasteiger partial charge is 0.460 e. The van der Waals surface area contributed by atoms with E-state index in [1.54, 1.807) is 0 Å². The third-order valence-electron chi connectivity index (χ3n) is 1.97. The Morgan fingerprint density at radius 1 is 1.45 bits per heavy atom. The van der Waals surface area contributed by atoms with Crippen LogP contribution in [0.5, 0.6) is 0 Å². The van der Waals surface area contributed by atoms with Crippen molar-refractivity contribution < 1.29 is 13.2 Å². The van der Waals surface area contributed by atoms with Gasteiger partial charge in [0.15, 0.2) is 0 Å². The van der Waals surface area contributed by atoms with Crippen LogP contribution in [-0.2, 0) is 0 Å². The van der Waals surface area contributed by atoms with E-state index in [2.05, 4.69) is 0 Å². The lowest BCUT2D eigenvalue weighted by Crippen LogP contribution is -2.44. The Hall–Kier alpha value is -0.290. The summed E-state index contributed by atoms with van der Waals surface area (Å²) in [4.78, 5) is 0.521. The predicted molar refractivity (Wildman–Crippen MR) is 34.8 cm³/mol. The molecule has 0 aliphatic carbocycles. The van der Waals surface area contributed by atoms with Crippen LogP contribution in [0, 0.1) is 0 Å². The van der Waals surface area contributed by atoms with Crippen LogP contribution < -0.4 is 5.73 Å². The van der Waals surface area contributed by atoms with Gasteiger partial charge in [-0.15, -0.1) is 0 Å². The van der Waals surface area contributed by atoms with Crippen LogP contribution >= 0.6 is 0 Å². The van der Waals surface area contributed by atoms with Gasteiger partial charge < -0.3 is 5.73 Å². The van der Waals surface area contributed by atoms with E-state index < -0.39 is 12.3 Å². The fourth-order valence-electron chi connectivity index (χ4n) is 1.41. The number of rotatable bonds is 1. The highest BCUT2D eigenvalue weighted by atomic mass is 19.4. The first-order chi connectivity index (χ1) is 5.05. The SMILES string of the molecule is NCC1CCCN1C(F)(F)F. The van der Waals surface area contributed by atoms with Gasteiger partial charge in [-0.3, -0.25) is 0 Å². The molecule has 0 amide bonds. The average molecular weight is 168 g/mol. The topological polar surface area (TPSA) is 29.3 Å². The number of nitrogens with two attached hydrogens (primary N) is 1. The number of hydrogen-bond acceptors (Lipinski definition) is 2. The number of nitrogens with zero attached hydrogens (tertiary/aromatic N) is 1. The third-order valence-corrected chi connectivity index (χ3v) is 1.97. The summed E-state index contributed by atoms with van der Waals surface area (Å²) in [6.07, 6.45) is -3.03. The van der Waals surface area contributed by atoms with Crippen molar-refractivity contribution in [3.8, 4) is 0 Å². The Morgan fingerprint density at radius 2 is 2.09 bits per heavy atom. The maximum absolute atomic E-state index is 12.1. The van der Waals surface area contributed by atoms with Gasteiger partial charge in [0, 0.05) is 19.1 Å². The van der Waals surface area contributed by atoms with Crippen LogP contribution in [0.4, 0.5) is 13.2 Å². The Kier molecular flexibility index (Phi) is 2.39. The van der Waals surface area contributed by atoms with Crippen molar-refractivity contribution >= 4 is 0 Å². The van der Waals surface area contributed by atoms with E-state index in [1.165, 1.54) is 0 Å². The Balaban J connectivity index is 2.57. The second-order valence-electron chi connectivity index (χ2n) is 2.69. The maximum Gasteiger partial charge on any atom is 0.460 e. The number of likely N-dealkylation sites (tertiary alicyclic amines) is 1. The highest BCUT2D eigenvalue weighted by Crippen LogP contribution is 2.29. The highest BCUT2D eigenvalue weighted by molar-refractivity contribution is 4.80. The number of alkyl halides is 3. The standard InChI is InChI=1S/C6H11F3N2/c7-6(8,9)11-3-1-2-5(11)4-10/h5H,1-4,10H2. The van der Waals surface area contributed by atoms with Crippen LogP contribution in [0.3, 0.4) is 0 Å². The van der Waals surface area contributed by atoms with Crippen molar-refractivity contribution in [2.24, 2.45) is 5.73 Å². The zero-order valence-corrected chi connectivity index (χ0v) is 6.06. The van der Waals surface area contributed by atoms with Gasteiger partial charge >= 0.3 is 6.30 Å². The summed E-state index contributed by atoms with van der Waals surface area (Å²) in [5.41, 5.74) is 5.18. The Bertz CT molecular complexity index is 134. The molecule has 2 nitrogen and oxygen atoms in total. The van der Waals surface area contributed by atoms with E-state index >= 15 is 0 Å². The lowest BCUT2D eigenvalue weighted by atomic mass is 10.2. The molecule has 0 spiro atoms. The van der Waals surface area contributed by atoms with Gasteiger partial charge in [0.2, 0.25) is 0 Å². The molecule has 1 rings (SSSR count). The second kappa shape index (κ2) is 2.98. The smallest absolute Gasteiger partial charge is 0.329 e. The van der Waals surface area contributed by atoms with Gasteiger partial charge in [0.25, 0.3) is 0 Å². The van der Waals surface area contributed by atoms with E-state index in [9.17, 15) is 13.2 Å². The normalized spacial score (nSPS) is 27.8. The zero-order valence-electron chi connectivity index (χ0n) is 6.06. The molecule has 1 saturated heterocycles.